The molecule has 0 bridgehead atoms. The Morgan fingerprint density at radius 1 is 0.852 bits per heavy atom. The second-order valence-corrected chi connectivity index (χ2v) is 6.47. The SMILES string of the molecule is CO[C@@H]1O[C@@H](CO)[C@@H](O)[C@@H](OCc2ccccc2)[C@H]1OCc1ccccc1. The first-order valence-electron chi connectivity index (χ1n) is 9.01. The van der Waals surface area contributed by atoms with Crippen molar-refractivity contribution in [3.05, 3.63) is 71.8 Å². The third-order valence-electron chi connectivity index (χ3n) is 4.60. The van der Waals surface area contributed by atoms with Crippen molar-refractivity contribution < 1.29 is 29.2 Å². The van der Waals surface area contributed by atoms with Crippen LogP contribution in [-0.2, 0) is 32.2 Å². The summed E-state index contributed by atoms with van der Waals surface area (Å²) in [6.07, 6.45) is -3.94. The van der Waals surface area contributed by atoms with Crippen LogP contribution < -0.4 is 0 Å². The van der Waals surface area contributed by atoms with E-state index < -0.39 is 30.7 Å². The molecule has 0 unspecified atom stereocenters. The summed E-state index contributed by atoms with van der Waals surface area (Å²) in [5.41, 5.74) is 1.97. The van der Waals surface area contributed by atoms with Gasteiger partial charge in [0.25, 0.3) is 0 Å². The number of aliphatic hydroxyl groups is 2. The van der Waals surface area contributed by atoms with Crippen LogP contribution in [0, 0.1) is 0 Å². The van der Waals surface area contributed by atoms with Gasteiger partial charge in [-0.3, -0.25) is 0 Å². The van der Waals surface area contributed by atoms with E-state index in [9.17, 15) is 10.2 Å². The van der Waals surface area contributed by atoms with Gasteiger partial charge in [0.15, 0.2) is 6.29 Å². The van der Waals surface area contributed by atoms with Crippen LogP contribution in [0.1, 0.15) is 11.1 Å². The van der Waals surface area contributed by atoms with Crippen molar-refractivity contribution in [2.75, 3.05) is 13.7 Å². The van der Waals surface area contributed by atoms with Crippen molar-refractivity contribution in [1.82, 2.24) is 0 Å². The lowest BCUT2D eigenvalue weighted by Gasteiger charge is -2.43. The molecular weight excluding hydrogens is 348 g/mol. The van der Waals surface area contributed by atoms with E-state index in [0.717, 1.165) is 11.1 Å². The predicted octanol–water partition coefficient (Wildman–Crippen LogP) is 1.88. The zero-order valence-electron chi connectivity index (χ0n) is 15.3. The minimum atomic E-state index is -1.04. The highest BCUT2D eigenvalue weighted by Crippen LogP contribution is 2.28. The van der Waals surface area contributed by atoms with Gasteiger partial charge in [0.2, 0.25) is 0 Å². The highest BCUT2D eigenvalue weighted by atomic mass is 16.7. The monoisotopic (exact) mass is 374 g/mol. The molecule has 1 heterocycles. The molecule has 1 aliphatic heterocycles. The molecule has 0 radical (unpaired) electrons. The number of hydrogen-bond donors (Lipinski definition) is 2. The molecule has 1 fully saturated rings. The summed E-state index contributed by atoms with van der Waals surface area (Å²) in [6, 6.07) is 19.4. The van der Waals surface area contributed by atoms with Crippen LogP contribution in [0.2, 0.25) is 0 Å². The van der Waals surface area contributed by atoms with Gasteiger partial charge in [-0.2, -0.15) is 0 Å². The van der Waals surface area contributed by atoms with Crippen LogP contribution >= 0.6 is 0 Å². The minimum absolute atomic E-state index is 0.308. The van der Waals surface area contributed by atoms with Crippen LogP contribution in [0.4, 0.5) is 0 Å². The zero-order valence-corrected chi connectivity index (χ0v) is 15.3. The average molecular weight is 374 g/mol. The van der Waals surface area contributed by atoms with Gasteiger partial charge >= 0.3 is 0 Å². The van der Waals surface area contributed by atoms with Crippen molar-refractivity contribution in [2.45, 2.75) is 43.9 Å². The molecular formula is C21H26O6. The lowest BCUT2D eigenvalue weighted by molar-refractivity contribution is -0.314. The van der Waals surface area contributed by atoms with E-state index in [0.29, 0.717) is 13.2 Å². The third kappa shape index (κ3) is 5.13. The summed E-state index contributed by atoms with van der Waals surface area (Å²) in [4.78, 5) is 0. The first kappa shape index (κ1) is 19.9. The first-order valence-corrected chi connectivity index (χ1v) is 9.01. The van der Waals surface area contributed by atoms with Gasteiger partial charge in [0, 0.05) is 7.11 Å². The lowest BCUT2D eigenvalue weighted by Crippen LogP contribution is -2.60. The van der Waals surface area contributed by atoms with Crippen LogP contribution in [0.15, 0.2) is 60.7 Å². The first-order chi connectivity index (χ1) is 13.2. The highest BCUT2D eigenvalue weighted by molar-refractivity contribution is 5.14. The Hall–Kier alpha value is -1.80. The summed E-state index contributed by atoms with van der Waals surface area (Å²) in [5.74, 6) is 0. The quantitative estimate of drug-likeness (QED) is 0.735. The maximum atomic E-state index is 10.6. The van der Waals surface area contributed by atoms with Gasteiger partial charge < -0.3 is 29.2 Å². The maximum Gasteiger partial charge on any atom is 0.186 e. The van der Waals surface area contributed by atoms with Gasteiger partial charge in [-0.15, -0.1) is 0 Å². The molecule has 0 spiro atoms. The Balaban J connectivity index is 1.73. The van der Waals surface area contributed by atoms with Crippen molar-refractivity contribution in [3.8, 4) is 0 Å². The maximum absolute atomic E-state index is 10.6. The van der Waals surface area contributed by atoms with E-state index >= 15 is 0 Å². The third-order valence-corrected chi connectivity index (χ3v) is 4.60. The van der Waals surface area contributed by atoms with Gasteiger partial charge in [-0.25, -0.2) is 0 Å². The zero-order chi connectivity index (χ0) is 19.1. The van der Waals surface area contributed by atoms with Crippen molar-refractivity contribution >= 4 is 0 Å². The fraction of sp³-hybridized carbons (Fsp3) is 0.429. The summed E-state index contributed by atoms with van der Waals surface area (Å²) in [7, 11) is 1.50. The Bertz CT molecular complexity index is 665. The van der Waals surface area contributed by atoms with Crippen molar-refractivity contribution in [2.24, 2.45) is 0 Å². The number of methoxy groups -OCH3 is 1. The Morgan fingerprint density at radius 3 is 1.85 bits per heavy atom. The van der Waals surface area contributed by atoms with Crippen LogP contribution in [0.25, 0.3) is 0 Å². The molecule has 1 aliphatic rings. The molecule has 0 amide bonds. The molecule has 1 saturated heterocycles. The summed E-state index contributed by atoms with van der Waals surface area (Å²) >= 11 is 0. The molecule has 2 aromatic carbocycles. The molecule has 2 aromatic rings. The fourth-order valence-electron chi connectivity index (χ4n) is 3.13. The molecule has 146 valence electrons. The fourth-order valence-corrected chi connectivity index (χ4v) is 3.13. The summed E-state index contributed by atoms with van der Waals surface area (Å²) < 4.78 is 23.1. The second-order valence-electron chi connectivity index (χ2n) is 6.47. The van der Waals surface area contributed by atoms with Gasteiger partial charge in [0.05, 0.1) is 19.8 Å². The predicted molar refractivity (Wildman–Crippen MR) is 98.8 cm³/mol. The topological polar surface area (TPSA) is 77.4 Å². The van der Waals surface area contributed by atoms with Crippen LogP contribution in [0.5, 0.6) is 0 Å². The van der Waals surface area contributed by atoms with E-state index in [2.05, 4.69) is 0 Å². The summed E-state index contributed by atoms with van der Waals surface area (Å²) in [6.45, 7) is 0.302. The Morgan fingerprint density at radius 2 is 1.37 bits per heavy atom. The van der Waals surface area contributed by atoms with Gasteiger partial charge in [-0.1, -0.05) is 60.7 Å². The van der Waals surface area contributed by atoms with Crippen LogP contribution in [-0.4, -0.2) is 54.6 Å². The van der Waals surface area contributed by atoms with E-state index in [1.807, 2.05) is 60.7 Å². The minimum Gasteiger partial charge on any atom is -0.394 e. The Labute approximate surface area is 159 Å². The standard InChI is InChI=1S/C21H26O6/c1-24-21-20(26-14-16-10-6-3-7-11-16)19(18(23)17(12-22)27-21)25-13-15-8-4-2-5-9-15/h2-11,17-23H,12-14H2,1H3/t17-,18+,19+,20+,21+/m0/s1. The van der Waals surface area contributed by atoms with Crippen molar-refractivity contribution in [3.63, 3.8) is 0 Å². The lowest BCUT2D eigenvalue weighted by atomic mass is 9.98. The largest absolute Gasteiger partial charge is 0.394 e. The molecule has 27 heavy (non-hydrogen) atoms. The van der Waals surface area contributed by atoms with E-state index in [1.165, 1.54) is 7.11 Å². The second kappa shape index (κ2) is 9.94. The number of rotatable bonds is 8. The number of aliphatic hydroxyl groups excluding tert-OH is 2. The normalized spacial score (nSPS) is 28.2. The van der Waals surface area contributed by atoms with Gasteiger partial charge in [-0.05, 0) is 11.1 Å². The van der Waals surface area contributed by atoms with Gasteiger partial charge in [0.1, 0.15) is 24.4 Å². The summed E-state index contributed by atoms with van der Waals surface area (Å²) in [5, 5.41) is 20.2. The highest BCUT2D eigenvalue weighted by Gasteiger charge is 2.46. The van der Waals surface area contributed by atoms with E-state index in [-0.39, 0.29) is 6.61 Å². The van der Waals surface area contributed by atoms with E-state index in [4.69, 9.17) is 18.9 Å². The van der Waals surface area contributed by atoms with Crippen molar-refractivity contribution in [1.29, 1.82) is 0 Å². The molecule has 2 N–H and O–H groups in total. The molecule has 6 heteroatoms. The molecule has 5 atom stereocenters. The number of ether oxygens (including phenoxy) is 4. The molecule has 3 rings (SSSR count). The number of hydrogen-bond acceptors (Lipinski definition) is 6. The number of benzene rings is 2. The molecule has 0 aromatic heterocycles. The smallest absolute Gasteiger partial charge is 0.186 e. The Kier molecular flexibility index (Phi) is 7.34. The molecule has 0 saturated carbocycles. The van der Waals surface area contributed by atoms with E-state index in [1.54, 1.807) is 0 Å². The molecule has 6 nitrogen and oxygen atoms in total. The van der Waals surface area contributed by atoms with Crippen LogP contribution in [0.3, 0.4) is 0 Å². The average Bonchev–Trinajstić information content (AvgIpc) is 2.73. The molecule has 0 aliphatic carbocycles.